The normalized spacial score (nSPS) is 30.8. The highest BCUT2D eigenvalue weighted by Gasteiger charge is 2.63. The number of benzene rings is 2. The summed E-state index contributed by atoms with van der Waals surface area (Å²) in [5, 5.41) is 2.34. The third-order valence-electron chi connectivity index (χ3n) is 6.76. The molecule has 2 aromatic rings. The van der Waals surface area contributed by atoms with Gasteiger partial charge in [0.15, 0.2) is 0 Å². The number of aliphatic imine (C=N–C) groups is 1. The minimum atomic E-state index is -0.772. The van der Waals surface area contributed by atoms with Gasteiger partial charge in [0.05, 0.1) is 6.10 Å². The Bertz CT molecular complexity index is 990. The fourth-order valence-corrected chi connectivity index (χ4v) is 5.93. The van der Waals surface area contributed by atoms with Crippen molar-refractivity contribution in [3.63, 3.8) is 0 Å². The number of nitrogens with zero attached hydrogens (tertiary/aromatic N) is 2. The van der Waals surface area contributed by atoms with Gasteiger partial charge in [-0.05, 0) is 67.0 Å². The van der Waals surface area contributed by atoms with E-state index in [-0.39, 0.29) is 5.41 Å². The lowest BCUT2D eigenvalue weighted by molar-refractivity contribution is -0.230. The molecule has 1 atom stereocenters. The van der Waals surface area contributed by atoms with Crippen LogP contribution in [-0.4, -0.2) is 24.2 Å². The molecule has 5 rings (SSSR count). The molecule has 1 saturated carbocycles. The quantitative estimate of drug-likeness (QED) is 0.550. The van der Waals surface area contributed by atoms with Gasteiger partial charge in [-0.1, -0.05) is 35.9 Å². The minimum absolute atomic E-state index is 0.108. The first-order valence-electron chi connectivity index (χ1n) is 9.91. The number of hydrogen-bond acceptors (Lipinski definition) is 5. The van der Waals surface area contributed by atoms with Crippen molar-refractivity contribution in [2.24, 2.45) is 16.1 Å². The van der Waals surface area contributed by atoms with Crippen LogP contribution in [0, 0.1) is 5.41 Å². The number of halogens is 2. The molecule has 0 bridgehead atoms. The van der Waals surface area contributed by atoms with Crippen molar-refractivity contribution in [1.29, 1.82) is 0 Å². The standard InChI is InChI=1S/C22H23ClIN3O2/c1-27-20(25)26-22(29-27)19-12-15(14-3-2-4-17(23)11-14)5-6-16(19)13-21(22)9-7-18(28-24)8-10-21/h2-6,11-12,18H,7-10,13H2,1H3,(H2,25,26). The first-order chi connectivity index (χ1) is 14.0. The van der Waals surface area contributed by atoms with Crippen molar-refractivity contribution < 1.29 is 7.90 Å². The van der Waals surface area contributed by atoms with E-state index in [1.807, 2.05) is 48.3 Å². The molecule has 2 aliphatic carbocycles. The van der Waals surface area contributed by atoms with Gasteiger partial charge in [-0.25, -0.2) is 14.9 Å². The van der Waals surface area contributed by atoms with Crippen LogP contribution in [-0.2, 0) is 20.0 Å². The molecule has 0 aromatic heterocycles. The Morgan fingerprint density at radius 2 is 1.97 bits per heavy atom. The van der Waals surface area contributed by atoms with Gasteiger partial charge < -0.3 is 8.80 Å². The van der Waals surface area contributed by atoms with E-state index in [1.165, 1.54) is 5.56 Å². The van der Waals surface area contributed by atoms with Gasteiger partial charge in [0.1, 0.15) is 23.0 Å². The maximum absolute atomic E-state index is 6.46. The molecular formula is C22H23ClIN3O2. The summed E-state index contributed by atoms with van der Waals surface area (Å²) in [6, 6.07) is 14.5. The molecule has 3 aliphatic rings. The maximum atomic E-state index is 6.46. The van der Waals surface area contributed by atoms with Gasteiger partial charge >= 0.3 is 0 Å². The average molecular weight is 524 g/mol. The molecule has 2 aromatic carbocycles. The predicted octanol–water partition coefficient (Wildman–Crippen LogP) is 5.20. The average Bonchev–Trinajstić information content (AvgIpc) is 3.16. The molecule has 0 saturated heterocycles. The fourth-order valence-electron chi connectivity index (χ4n) is 5.23. The Morgan fingerprint density at radius 1 is 1.21 bits per heavy atom. The Morgan fingerprint density at radius 3 is 2.62 bits per heavy atom. The topological polar surface area (TPSA) is 60.1 Å². The summed E-state index contributed by atoms with van der Waals surface area (Å²) in [6.07, 6.45) is 5.23. The fraction of sp³-hybridized carbons (Fsp3) is 0.409. The lowest BCUT2D eigenvalue weighted by atomic mass is 9.67. The minimum Gasteiger partial charge on any atom is -0.368 e. The summed E-state index contributed by atoms with van der Waals surface area (Å²) in [6.45, 7) is 0. The van der Waals surface area contributed by atoms with E-state index in [4.69, 9.17) is 30.2 Å². The lowest BCUT2D eigenvalue weighted by Crippen LogP contribution is -2.46. The SMILES string of the molecule is CN1OC2(N=C1N)c1cc(-c3cccc(Cl)c3)ccc1CC21CCC(OI)CC1. The van der Waals surface area contributed by atoms with Crippen molar-refractivity contribution >= 4 is 40.6 Å². The van der Waals surface area contributed by atoms with Crippen LogP contribution >= 0.6 is 34.6 Å². The number of hydrogen-bond donors (Lipinski definition) is 1. The van der Waals surface area contributed by atoms with Gasteiger partial charge in [-0.3, -0.25) is 0 Å². The number of guanidine groups is 1. The molecule has 0 amide bonds. The van der Waals surface area contributed by atoms with E-state index in [9.17, 15) is 0 Å². The van der Waals surface area contributed by atoms with Crippen molar-refractivity contribution in [3.8, 4) is 11.1 Å². The Balaban J connectivity index is 1.63. The zero-order valence-electron chi connectivity index (χ0n) is 16.2. The van der Waals surface area contributed by atoms with E-state index in [2.05, 4.69) is 24.3 Å². The molecule has 1 unspecified atom stereocenters. The van der Waals surface area contributed by atoms with E-state index >= 15 is 0 Å². The number of fused-ring (bicyclic) bond motifs is 3. The molecule has 0 radical (unpaired) electrons. The summed E-state index contributed by atoms with van der Waals surface area (Å²) >= 11 is 8.25. The van der Waals surface area contributed by atoms with Gasteiger partial charge in [-0.2, -0.15) is 0 Å². The highest BCUT2D eigenvalue weighted by Crippen LogP contribution is 2.62. The van der Waals surface area contributed by atoms with Crippen molar-refractivity contribution in [2.75, 3.05) is 7.05 Å². The van der Waals surface area contributed by atoms with E-state index in [0.29, 0.717) is 12.1 Å². The third-order valence-corrected chi connectivity index (χ3v) is 7.71. The highest BCUT2D eigenvalue weighted by atomic mass is 127. The Kier molecular flexibility index (Phi) is 4.81. The maximum Gasteiger partial charge on any atom is 0.220 e. The second-order valence-electron chi connectivity index (χ2n) is 8.33. The summed E-state index contributed by atoms with van der Waals surface area (Å²) in [4.78, 5) is 11.4. The smallest absolute Gasteiger partial charge is 0.220 e. The van der Waals surface area contributed by atoms with Crippen LogP contribution in [0.25, 0.3) is 11.1 Å². The monoisotopic (exact) mass is 523 g/mol. The summed E-state index contributed by atoms with van der Waals surface area (Å²) < 4.78 is 5.60. The molecule has 2 N–H and O–H groups in total. The molecule has 1 fully saturated rings. The van der Waals surface area contributed by atoms with Gasteiger partial charge in [-0.15, -0.1) is 0 Å². The summed E-state index contributed by atoms with van der Waals surface area (Å²) in [7, 11) is 1.83. The highest BCUT2D eigenvalue weighted by molar-refractivity contribution is 14.1. The molecule has 1 aliphatic heterocycles. The summed E-state index contributed by atoms with van der Waals surface area (Å²) in [5.41, 5.74) is 9.94. The van der Waals surface area contributed by atoms with Crippen LogP contribution in [0.3, 0.4) is 0 Å². The van der Waals surface area contributed by atoms with Crippen molar-refractivity contribution in [1.82, 2.24) is 5.06 Å². The lowest BCUT2D eigenvalue weighted by Gasteiger charge is -2.44. The van der Waals surface area contributed by atoms with Crippen molar-refractivity contribution in [3.05, 3.63) is 58.6 Å². The third kappa shape index (κ3) is 2.99. The zero-order chi connectivity index (χ0) is 20.2. The number of rotatable bonds is 2. The Hall–Kier alpha value is -1.35. The largest absolute Gasteiger partial charge is 0.368 e. The molecule has 5 nitrogen and oxygen atoms in total. The van der Waals surface area contributed by atoms with Gasteiger partial charge in [0.25, 0.3) is 0 Å². The van der Waals surface area contributed by atoms with E-state index in [1.54, 1.807) is 5.06 Å². The van der Waals surface area contributed by atoms with Crippen LogP contribution in [0.1, 0.15) is 36.8 Å². The first kappa shape index (κ1) is 19.6. The van der Waals surface area contributed by atoms with Gasteiger partial charge in [0, 0.05) is 23.0 Å². The number of nitrogens with two attached hydrogens (primary N) is 1. The molecule has 2 spiro atoms. The molecule has 1 heterocycles. The van der Waals surface area contributed by atoms with Crippen LogP contribution in [0.15, 0.2) is 47.5 Å². The zero-order valence-corrected chi connectivity index (χ0v) is 19.1. The van der Waals surface area contributed by atoms with Crippen LogP contribution in [0.4, 0.5) is 0 Å². The summed E-state index contributed by atoms with van der Waals surface area (Å²) in [5.74, 6) is 0.428. The second-order valence-corrected chi connectivity index (χ2v) is 9.28. The number of hydroxylamine groups is 2. The van der Waals surface area contributed by atoms with Crippen molar-refractivity contribution in [2.45, 2.75) is 43.9 Å². The molecule has 29 heavy (non-hydrogen) atoms. The first-order valence-corrected chi connectivity index (χ1v) is 11.2. The van der Waals surface area contributed by atoms with Crippen LogP contribution in [0.2, 0.25) is 5.02 Å². The molecule has 152 valence electrons. The van der Waals surface area contributed by atoms with E-state index < -0.39 is 5.72 Å². The Labute approximate surface area is 189 Å². The second kappa shape index (κ2) is 7.11. The predicted molar refractivity (Wildman–Crippen MR) is 123 cm³/mol. The van der Waals surface area contributed by atoms with Crippen LogP contribution in [0.5, 0.6) is 0 Å². The van der Waals surface area contributed by atoms with E-state index in [0.717, 1.165) is 53.8 Å². The molecule has 7 heteroatoms. The molecular weight excluding hydrogens is 501 g/mol. The van der Waals surface area contributed by atoms with Gasteiger partial charge in [0.2, 0.25) is 11.7 Å². The van der Waals surface area contributed by atoms with Crippen LogP contribution < -0.4 is 5.73 Å².